The van der Waals surface area contributed by atoms with Gasteiger partial charge in [0.25, 0.3) is 0 Å². The largest absolute Gasteiger partial charge is 0.356 e. The maximum absolute atomic E-state index is 12.8. The number of para-hydroxylation sites is 1. The molecular weight excluding hydrogens is 523 g/mol. The second kappa shape index (κ2) is 10.8. The molecule has 8 heteroatoms. The lowest BCUT2D eigenvalue weighted by Crippen LogP contribution is -2.42. The molecule has 4 rings (SSSR count). The molecule has 2 aromatic carbocycles. The lowest BCUT2D eigenvalue weighted by Gasteiger charge is -2.31. The fourth-order valence-corrected chi connectivity index (χ4v) is 5.73. The zero-order valence-corrected chi connectivity index (χ0v) is 21.1. The molecule has 0 unspecified atom stereocenters. The summed E-state index contributed by atoms with van der Waals surface area (Å²) >= 11 is 0. The summed E-state index contributed by atoms with van der Waals surface area (Å²) in [5.41, 5.74) is 2.60. The number of nitrogens with one attached hydrogen (secondary N) is 1. The summed E-state index contributed by atoms with van der Waals surface area (Å²) in [6.07, 6.45) is 2.72. The van der Waals surface area contributed by atoms with Gasteiger partial charge in [-0.1, -0.05) is 36.4 Å². The summed E-state index contributed by atoms with van der Waals surface area (Å²) in [4.78, 5) is 7.58. The molecule has 0 spiro atoms. The Morgan fingerprint density at radius 2 is 1.71 bits per heavy atom. The molecule has 0 radical (unpaired) electrons. The fraction of sp³-hybridized carbons (Fsp3) is 0.435. The maximum Gasteiger partial charge on any atom is 0.243 e. The number of sulfonamides is 1. The molecule has 0 bridgehead atoms. The summed E-state index contributed by atoms with van der Waals surface area (Å²) in [5, 5.41) is 3.43. The first-order chi connectivity index (χ1) is 14.6. The van der Waals surface area contributed by atoms with Crippen LogP contribution in [0.25, 0.3) is 0 Å². The van der Waals surface area contributed by atoms with Crippen LogP contribution in [0.3, 0.4) is 0 Å². The molecule has 0 saturated carbocycles. The third kappa shape index (κ3) is 5.40. The molecule has 6 nitrogen and oxygen atoms in total. The molecule has 0 aliphatic carbocycles. The molecule has 2 aliphatic rings. The van der Waals surface area contributed by atoms with Gasteiger partial charge in [-0.2, -0.15) is 4.31 Å². The van der Waals surface area contributed by atoms with Gasteiger partial charge in [0, 0.05) is 38.4 Å². The molecule has 1 saturated heterocycles. The van der Waals surface area contributed by atoms with E-state index < -0.39 is 10.0 Å². The third-order valence-corrected chi connectivity index (χ3v) is 7.84. The van der Waals surface area contributed by atoms with Crippen molar-refractivity contribution in [2.24, 2.45) is 10.9 Å². The molecule has 0 aromatic heterocycles. The Kier molecular flexibility index (Phi) is 8.35. The van der Waals surface area contributed by atoms with E-state index in [2.05, 4.69) is 41.4 Å². The van der Waals surface area contributed by atoms with Gasteiger partial charge in [0.15, 0.2) is 5.96 Å². The van der Waals surface area contributed by atoms with Crippen LogP contribution in [0.5, 0.6) is 0 Å². The average molecular weight is 554 g/mol. The van der Waals surface area contributed by atoms with Gasteiger partial charge in [-0.05, 0) is 55.9 Å². The highest BCUT2D eigenvalue weighted by atomic mass is 127. The number of fused-ring (bicyclic) bond motifs is 1. The van der Waals surface area contributed by atoms with Gasteiger partial charge >= 0.3 is 0 Å². The van der Waals surface area contributed by atoms with Crippen molar-refractivity contribution >= 4 is 45.6 Å². The zero-order valence-electron chi connectivity index (χ0n) is 17.9. The topological polar surface area (TPSA) is 65.0 Å². The smallest absolute Gasteiger partial charge is 0.243 e. The first-order valence-electron chi connectivity index (χ1n) is 10.8. The van der Waals surface area contributed by atoms with Gasteiger partial charge in [0.1, 0.15) is 0 Å². The molecule has 1 fully saturated rings. The van der Waals surface area contributed by atoms with Crippen LogP contribution in [0.2, 0.25) is 0 Å². The van der Waals surface area contributed by atoms with E-state index in [0.717, 1.165) is 44.9 Å². The summed E-state index contributed by atoms with van der Waals surface area (Å²) in [6, 6.07) is 17.2. The van der Waals surface area contributed by atoms with Crippen LogP contribution >= 0.6 is 24.0 Å². The van der Waals surface area contributed by atoms with Gasteiger partial charge in [-0.15, -0.1) is 24.0 Å². The van der Waals surface area contributed by atoms with Gasteiger partial charge in [-0.3, -0.25) is 4.99 Å². The van der Waals surface area contributed by atoms with Crippen molar-refractivity contribution in [2.75, 3.05) is 37.6 Å². The van der Waals surface area contributed by atoms with Gasteiger partial charge < -0.3 is 10.2 Å². The number of hydrogen-bond acceptors (Lipinski definition) is 3. The van der Waals surface area contributed by atoms with E-state index in [1.807, 2.05) is 6.07 Å². The lowest BCUT2D eigenvalue weighted by molar-refractivity contribution is 0.279. The Balaban J connectivity index is 0.00000272. The molecule has 0 amide bonds. The minimum Gasteiger partial charge on any atom is -0.356 e. The van der Waals surface area contributed by atoms with E-state index in [1.165, 1.54) is 11.3 Å². The van der Waals surface area contributed by atoms with Crippen molar-refractivity contribution in [3.63, 3.8) is 0 Å². The SMILES string of the molecule is CCNC(=NCC1CCN(S(=O)(=O)c2ccccc2)CC1)N1CCc2ccccc21.I. The summed E-state index contributed by atoms with van der Waals surface area (Å²) in [7, 11) is -3.39. The summed E-state index contributed by atoms with van der Waals surface area (Å²) in [5.74, 6) is 1.33. The predicted molar refractivity (Wildman–Crippen MR) is 137 cm³/mol. The molecule has 0 atom stereocenters. The van der Waals surface area contributed by atoms with E-state index in [0.29, 0.717) is 23.9 Å². The Hall–Kier alpha value is -1.65. The average Bonchev–Trinajstić information content (AvgIpc) is 3.21. The Morgan fingerprint density at radius 3 is 2.42 bits per heavy atom. The molecule has 31 heavy (non-hydrogen) atoms. The Labute approximate surface area is 202 Å². The summed E-state index contributed by atoms with van der Waals surface area (Å²) < 4.78 is 27.3. The van der Waals surface area contributed by atoms with Crippen LogP contribution in [-0.2, 0) is 16.4 Å². The number of aliphatic imine (C=N–C) groups is 1. The van der Waals surface area contributed by atoms with Crippen LogP contribution in [0, 0.1) is 5.92 Å². The monoisotopic (exact) mass is 554 g/mol. The van der Waals surface area contributed by atoms with Crippen molar-refractivity contribution in [3.05, 3.63) is 60.2 Å². The number of anilines is 1. The van der Waals surface area contributed by atoms with Crippen molar-refractivity contribution in [2.45, 2.75) is 31.1 Å². The number of halogens is 1. The van der Waals surface area contributed by atoms with Gasteiger partial charge in [0.2, 0.25) is 10.0 Å². The number of piperidine rings is 1. The quantitative estimate of drug-likeness (QED) is 0.348. The van der Waals surface area contributed by atoms with E-state index in [4.69, 9.17) is 4.99 Å². The number of hydrogen-bond donors (Lipinski definition) is 1. The highest BCUT2D eigenvalue weighted by molar-refractivity contribution is 14.0. The Bertz CT molecular complexity index is 990. The molecule has 2 aromatic rings. The minimum absolute atomic E-state index is 0. The van der Waals surface area contributed by atoms with E-state index >= 15 is 0 Å². The number of rotatable bonds is 5. The molecule has 168 valence electrons. The van der Waals surface area contributed by atoms with Gasteiger partial charge in [0.05, 0.1) is 4.90 Å². The van der Waals surface area contributed by atoms with Crippen LogP contribution in [0.4, 0.5) is 5.69 Å². The highest BCUT2D eigenvalue weighted by Gasteiger charge is 2.29. The van der Waals surface area contributed by atoms with Crippen molar-refractivity contribution in [3.8, 4) is 0 Å². The van der Waals surface area contributed by atoms with E-state index in [-0.39, 0.29) is 24.0 Å². The third-order valence-electron chi connectivity index (χ3n) is 5.93. The van der Waals surface area contributed by atoms with Crippen LogP contribution < -0.4 is 10.2 Å². The minimum atomic E-state index is -3.39. The number of benzene rings is 2. The van der Waals surface area contributed by atoms with Crippen LogP contribution in [0.15, 0.2) is 64.5 Å². The second-order valence-corrected chi connectivity index (χ2v) is 9.82. The normalized spacial score (nSPS) is 17.8. The molecular formula is C23H31IN4O2S. The van der Waals surface area contributed by atoms with Crippen molar-refractivity contribution in [1.29, 1.82) is 0 Å². The first-order valence-corrected chi connectivity index (χ1v) is 12.2. The summed E-state index contributed by atoms with van der Waals surface area (Å²) in [6.45, 7) is 5.69. The maximum atomic E-state index is 12.8. The van der Waals surface area contributed by atoms with E-state index in [1.54, 1.807) is 28.6 Å². The number of nitrogens with zero attached hydrogens (tertiary/aromatic N) is 3. The van der Waals surface area contributed by atoms with Crippen molar-refractivity contribution < 1.29 is 8.42 Å². The molecule has 2 heterocycles. The Morgan fingerprint density at radius 1 is 1.03 bits per heavy atom. The lowest BCUT2D eigenvalue weighted by atomic mass is 9.98. The first kappa shape index (κ1) is 24.0. The molecule has 2 aliphatic heterocycles. The molecule has 1 N–H and O–H groups in total. The van der Waals surface area contributed by atoms with Gasteiger partial charge in [-0.25, -0.2) is 8.42 Å². The van der Waals surface area contributed by atoms with Crippen LogP contribution in [0.1, 0.15) is 25.3 Å². The zero-order chi connectivity index (χ0) is 21.0. The standard InChI is InChI=1S/C23H30N4O2S.HI/c1-2-24-23(27-17-14-20-8-6-7-11-22(20)27)25-18-19-12-15-26(16-13-19)30(28,29)21-9-4-3-5-10-21;/h3-11,19H,2,12-18H2,1H3,(H,24,25);1H. The van der Waals surface area contributed by atoms with E-state index in [9.17, 15) is 8.42 Å². The fourth-order valence-electron chi connectivity index (χ4n) is 4.24. The number of guanidine groups is 1. The second-order valence-electron chi connectivity index (χ2n) is 7.89. The van der Waals surface area contributed by atoms with Crippen molar-refractivity contribution in [1.82, 2.24) is 9.62 Å². The van der Waals surface area contributed by atoms with Crippen LogP contribution in [-0.4, -0.2) is 51.4 Å². The highest BCUT2D eigenvalue weighted by Crippen LogP contribution is 2.28. The predicted octanol–water partition coefficient (Wildman–Crippen LogP) is 3.73.